The summed E-state index contributed by atoms with van der Waals surface area (Å²) in [6.07, 6.45) is 3.01. The van der Waals surface area contributed by atoms with Crippen molar-refractivity contribution < 1.29 is 9.59 Å². The Morgan fingerprint density at radius 3 is 2.65 bits per heavy atom. The molecule has 0 spiro atoms. The second-order valence-corrected chi connectivity index (χ2v) is 5.26. The molecule has 2 aliphatic heterocycles. The third-order valence-electron chi connectivity index (χ3n) is 3.78. The summed E-state index contributed by atoms with van der Waals surface area (Å²) in [6.45, 7) is 5.36. The van der Waals surface area contributed by atoms with Gasteiger partial charge in [0.15, 0.2) is 0 Å². The van der Waals surface area contributed by atoms with Gasteiger partial charge in [0.2, 0.25) is 11.8 Å². The Morgan fingerprint density at radius 1 is 1.35 bits per heavy atom. The van der Waals surface area contributed by atoms with Crippen LogP contribution in [0.5, 0.6) is 0 Å². The van der Waals surface area contributed by atoms with E-state index in [0.717, 1.165) is 38.9 Å². The van der Waals surface area contributed by atoms with E-state index in [1.165, 1.54) is 0 Å². The summed E-state index contributed by atoms with van der Waals surface area (Å²) in [5.74, 6) is 0.0421. The van der Waals surface area contributed by atoms with Crippen LogP contribution >= 0.6 is 0 Å². The van der Waals surface area contributed by atoms with Crippen LogP contribution < -0.4 is 10.6 Å². The lowest BCUT2D eigenvalue weighted by Crippen LogP contribution is -2.45. The molecule has 2 rings (SSSR count). The minimum Gasteiger partial charge on any atom is -0.347 e. The topological polar surface area (TPSA) is 61.4 Å². The van der Waals surface area contributed by atoms with Crippen molar-refractivity contribution in [1.29, 1.82) is 0 Å². The number of carbonyl (C=O) groups excluding carboxylic acids is 2. The highest BCUT2D eigenvalue weighted by Crippen LogP contribution is 2.24. The van der Waals surface area contributed by atoms with E-state index >= 15 is 0 Å². The summed E-state index contributed by atoms with van der Waals surface area (Å²) in [5, 5.41) is 5.95. The van der Waals surface area contributed by atoms with Crippen molar-refractivity contribution in [1.82, 2.24) is 15.5 Å². The zero-order chi connectivity index (χ0) is 12.3. The maximum absolute atomic E-state index is 12.0. The molecule has 96 valence electrons. The van der Waals surface area contributed by atoms with Crippen molar-refractivity contribution in [2.45, 2.75) is 26.2 Å². The van der Waals surface area contributed by atoms with Crippen LogP contribution in [0.3, 0.4) is 0 Å². The lowest BCUT2D eigenvalue weighted by atomic mass is 9.89. The number of nitrogens with zero attached hydrogens (tertiary/aromatic N) is 1. The molecule has 2 amide bonds. The molecular weight excluding hydrogens is 218 g/mol. The van der Waals surface area contributed by atoms with Crippen molar-refractivity contribution in [2.24, 2.45) is 5.41 Å². The maximum Gasteiger partial charge on any atom is 0.241 e. The number of amides is 2. The van der Waals surface area contributed by atoms with Gasteiger partial charge in [-0.05, 0) is 32.7 Å². The fraction of sp³-hybridized carbons (Fsp3) is 0.833. The number of hydrogen-bond donors (Lipinski definition) is 2. The van der Waals surface area contributed by atoms with Gasteiger partial charge in [-0.25, -0.2) is 0 Å². The van der Waals surface area contributed by atoms with E-state index in [1.54, 1.807) is 0 Å². The van der Waals surface area contributed by atoms with Crippen molar-refractivity contribution in [3.05, 3.63) is 0 Å². The van der Waals surface area contributed by atoms with Gasteiger partial charge in [-0.2, -0.15) is 0 Å². The highest BCUT2D eigenvalue weighted by molar-refractivity contribution is 5.88. The molecule has 5 nitrogen and oxygen atoms in total. The lowest BCUT2D eigenvalue weighted by molar-refractivity contribution is -0.135. The van der Waals surface area contributed by atoms with Crippen LogP contribution in [0.4, 0.5) is 0 Å². The quantitative estimate of drug-likeness (QED) is 0.712. The third-order valence-corrected chi connectivity index (χ3v) is 3.78. The smallest absolute Gasteiger partial charge is 0.241 e. The van der Waals surface area contributed by atoms with Crippen molar-refractivity contribution in [2.75, 3.05) is 32.7 Å². The predicted molar refractivity (Wildman–Crippen MR) is 64.4 cm³/mol. The highest BCUT2D eigenvalue weighted by atomic mass is 16.2. The van der Waals surface area contributed by atoms with Crippen LogP contribution in [0.2, 0.25) is 0 Å². The largest absolute Gasteiger partial charge is 0.347 e. The zero-order valence-electron chi connectivity index (χ0n) is 10.4. The minimum atomic E-state index is -0.342. The Kier molecular flexibility index (Phi) is 3.66. The van der Waals surface area contributed by atoms with Gasteiger partial charge in [0.1, 0.15) is 0 Å². The first-order chi connectivity index (χ1) is 8.12. The first-order valence-electron chi connectivity index (χ1n) is 6.39. The van der Waals surface area contributed by atoms with Gasteiger partial charge in [-0.15, -0.1) is 0 Å². The van der Waals surface area contributed by atoms with Crippen LogP contribution in [0.15, 0.2) is 0 Å². The minimum absolute atomic E-state index is 0.00459. The summed E-state index contributed by atoms with van der Waals surface area (Å²) in [5.41, 5.74) is -0.342. The second-order valence-electron chi connectivity index (χ2n) is 5.26. The van der Waals surface area contributed by atoms with Crippen LogP contribution in [0, 0.1) is 5.41 Å². The van der Waals surface area contributed by atoms with Gasteiger partial charge >= 0.3 is 0 Å². The first kappa shape index (κ1) is 12.4. The third kappa shape index (κ3) is 2.77. The summed E-state index contributed by atoms with van der Waals surface area (Å²) in [4.78, 5) is 25.6. The molecule has 2 fully saturated rings. The van der Waals surface area contributed by atoms with Crippen molar-refractivity contribution >= 4 is 11.8 Å². The molecule has 1 unspecified atom stereocenters. The van der Waals surface area contributed by atoms with Gasteiger partial charge < -0.3 is 15.5 Å². The molecule has 0 bridgehead atoms. The van der Waals surface area contributed by atoms with E-state index in [0.29, 0.717) is 6.54 Å². The summed E-state index contributed by atoms with van der Waals surface area (Å²) < 4.78 is 0. The Labute approximate surface area is 102 Å². The molecule has 2 N–H and O–H groups in total. The SMILES string of the molecule is CC1(C(=O)NCC(=O)N2CCCC2)CCNC1. The monoisotopic (exact) mass is 239 g/mol. The Morgan fingerprint density at radius 2 is 2.06 bits per heavy atom. The van der Waals surface area contributed by atoms with Crippen LogP contribution in [0.1, 0.15) is 26.2 Å². The van der Waals surface area contributed by atoms with E-state index in [1.807, 2.05) is 11.8 Å². The van der Waals surface area contributed by atoms with E-state index < -0.39 is 0 Å². The normalized spacial score (nSPS) is 28.4. The number of carbonyl (C=O) groups is 2. The average Bonchev–Trinajstić information content (AvgIpc) is 2.96. The summed E-state index contributed by atoms with van der Waals surface area (Å²) in [6, 6.07) is 0. The fourth-order valence-corrected chi connectivity index (χ4v) is 2.46. The zero-order valence-corrected chi connectivity index (χ0v) is 10.4. The lowest BCUT2D eigenvalue weighted by Gasteiger charge is -2.22. The van der Waals surface area contributed by atoms with Gasteiger partial charge in [-0.3, -0.25) is 9.59 Å². The number of nitrogens with one attached hydrogen (secondary N) is 2. The molecule has 1 atom stereocenters. The van der Waals surface area contributed by atoms with Crippen LogP contribution in [-0.4, -0.2) is 49.4 Å². The fourth-order valence-electron chi connectivity index (χ4n) is 2.46. The second kappa shape index (κ2) is 5.04. The van der Waals surface area contributed by atoms with E-state index in [9.17, 15) is 9.59 Å². The van der Waals surface area contributed by atoms with E-state index in [4.69, 9.17) is 0 Å². The number of likely N-dealkylation sites (tertiary alicyclic amines) is 1. The highest BCUT2D eigenvalue weighted by Gasteiger charge is 2.36. The van der Waals surface area contributed by atoms with E-state index in [2.05, 4.69) is 10.6 Å². The van der Waals surface area contributed by atoms with Gasteiger partial charge in [-0.1, -0.05) is 0 Å². The van der Waals surface area contributed by atoms with Crippen LogP contribution in [0.25, 0.3) is 0 Å². The average molecular weight is 239 g/mol. The summed E-state index contributed by atoms with van der Waals surface area (Å²) in [7, 11) is 0. The molecule has 17 heavy (non-hydrogen) atoms. The number of hydrogen-bond acceptors (Lipinski definition) is 3. The Bertz CT molecular complexity index is 305. The van der Waals surface area contributed by atoms with Gasteiger partial charge in [0, 0.05) is 19.6 Å². The summed E-state index contributed by atoms with van der Waals surface area (Å²) >= 11 is 0. The van der Waals surface area contributed by atoms with Crippen molar-refractivity contribution in [3.63, 3.8) is 0 Å². The van der Waals surface area contributed by atoms with Crippen LogP contribution in [-0.2, 0) is 9.59 Å². The first-order valence-corrected chi connectivity index (χ1v) is 6.39. The molecular formula is C12H21N3O2. The molecule has 2 saturated heterocycles. The van der Waals surface area contributed by atoms with Gasteiger partial charge in [0.25, 0.3) is 0 Å². The standard InChI is InChI=1S/C12H21N3O2/c1-12(4-5-13-9-12)11(17)14-8-10(16)15-6-2-3-7-15/h13H,2-9H2,1H3,(H,14,17). The maximum atomic E-state index is 12.0. The molecule has 2 aliphatic rings. The molecule has 0 aromatic carbocycles. The number of rotatable bonds is 3. The molecule has 5 heteroatoms. The Balaban J connectivity index is 1.77. The molecule has 0 aromatic rings. The predicted octanol–water partition coefficient (Wildman–Crippen LogP) is -0.275. The van der Waals surface area contributed by atoms with Crippen molar-refractivity contribution in [3.8, 4) is 0 Å². The molecule has 0 aliphatic carbocycles. The molecule has 0 saturated carbocycles. The Hall–Kier alpha value is -1.10. The van der Waals surface area contributed by atoms with E-state index in [-0.39, 0.29) is 23.8 Å². The molecule has 0 radical (unpaired) electrons. The molecule has 0 aromatic heterocycles. The van der Waals surface area contributed by atoms with Gasteiger partial charge in [0.05, 0.1) is 12.0 Å². The molecule has 2 heterocycles.